The van der Waals surface area contributed by atoms with E-state index in [9.17, 15) is 22.8 Å². The molecule has 2 aliphatic heterocycles. The second-order valence-electron chi connectivity index (χ2n) is 16.9. The third-order valence-corrected chi connectivity index (χ3v) is 13.8. The SMILES string of the molecule is CCCOc1cnc(O[C@@H]2C[C@H]3C(=O)N[C@]4(C(=O)NS(=O)(=O)C5CC5)C[C@H]4/C=C\CC[C@@H](C)C[C@@H](C)[C@H](N(C)C(=O)OC4(C)CC4)C(=O)N3C2)c2ccccc12. The molecule has 15 heteroatoms. The molecule has 7 atom stereocenters. The summed E-state index contributed by atoms with van der Waals surface area (Å²) in [6.07, 6.45) is 9.81. The topological polar surface area (TPSA) is 174 Å². The van der Waals surface area contributed by atoms with Crippen molar-refractivity contribution in [1.82, 2.24) is 24.8 Å². The lowest BCUT2D eigenvalue weighted by atomic mass is 9.87. The molecule has 2 N–H and O–H groups in total. The van der Waals surface area contributed by atoms with E-state index >= 15 is 4.79 Å². The summed E-state index contributed by atoms with van der Waals surface area (Å²) < 4.78 is 46.4. The van der Waals surface area contributed by atoms with Crippen molar-refractivity contribution in [2.24, 2.45) is 17.8 Å². The fraction of sp³-hybridized carbons (Fsp3) is 0.634. The first-order valence-electron chi connectivity index (χ1n) is 20.1. The van der Waals surface area contributed by atoms with E-state index < -0.39 is 74.3 Å². The fourth-order valence-corrected chi connectivity index (χ4v) is 9.58. The number of amides is 4. The van der Waals surface area contributed by atoms with Gasteiger partial charge in [-0.2, -0.15) is 0 Å². The largest absolute Gasteiger partial charge is 0.491 e. The average molecular weight is 794 g/mol. The molecule has 1 aromatic heterocycles. The standard InChI is InChI=1S/C41H55N5O9S/c1-6-19-53-33-23-42-36(31-14-10-9-13-30(31)33)54-28-21-32-35(47)43-41(38(49)44-56(51,52)29-15-16-29)22-27(41)12-8-7-11-25(2)20-26(3)34(37(48)46(32)24-28)45(5)39(50)55-40(4)17-18-40/h8-10,12-14,23,25-29,32,34H,6-7,11,15-22,24H2,1-5H3,(H,43,47)(H,44,49)/b12-8-/t25-,26-,27-,28-,32+,34+,41-/m1/s1. The van der Waals surface area contributed by atoms with Gasteiger partial charge >= 0.3 is 6.09 Å². The first kappa shape index (κ1) is 39.8. The van der Waals surface area contributed by atoms with Gasteiger partial charge < -0.3 is 24.4 Å². The zero-order valence-electron chi connectivity index (χ0n) is 33.0. The van der Waals surface area contributed by atoms with E-state index in [2.05, 4.69) is 21.9 Å². The normalized spacial score (nSPS) is 30.8. The van der Waals surface area contributed by atoms with Gasteiger partial charge in [0.2, 0.25) is 27.7 Å². The van der Waals surface area contributed by atoms with Crippen LogP contribution in [0.5, 0.6) is 11.6 Å². The van der Waals surface area contributed by atoms with Crippen LogP contribution < -0.4 is 19.5 Å². The van der Waals surface area contributed by atoms with Crippen LogP contribution in [0.15, 0.2) is 42.6 Å². The molecule has 0 radical (unpaired) electrons. The van der Waals surface area contributed by atoms with Crippen molar-refractivity contribution in [3.05, 3.63) is 42.6 Å². The van der Waals surface area contributed by atoms with E-state index in [4.69, 9.17) is 14.2 Å². The molecule has 304 valence electrons. The number of likely N-dealkylation sites (N-methyl/N-ethyl adjacent to an activating group) is 1. The molecule has 4 fully saturated rings. The molecular formula is C41H55N5O9S. The average Bonchev–Trinajstić information content (AvgIpc) is 4.10. The highest BCUT2D eigenvalue weighted by atomic mass is 32.2. The summed E-state index contributed by atoms with van der Waals surface area (Å²) >= 11 is 0. The first-order chi connectivity index (χ1) is 26.6. The summed E-state index contributed by atoms with van der Waals surface area (Å²) in [4.78, 5) is 64.5. The van der Waals surface area contributed by atoms with Crippen molar-refractivity contribution in [2.45, 2.75) is 126 Å². The van der Waals surface area contributed by atoms with Crippen molar-refractivity contribution in [1.29, 1.82) is 0 Å². The molecule has 3 saturated carbocycles. The van der Waals surface area contributed by atoms with Gasteiger partial charge in [0.05, 0.1) is 24.6 Å². The summed E-state index contributed by atoms with van der Waals surface area (Å²) in [5.41, 5.74) is -2.07. The molecular weight excluding hydrogens is 739 g/mol. The Bertz CT molecular complexity index is 2000. The summed E-state index contributed by atoms with van der Waals surface area (Å²) in [5, 5.41) is 3.81. The van der Waals surface area contributed by atoms with Crippen LogP contribution in [0.25, 0.3) is 10.8 Å². The molecule has 7 rings (SSSR count). The van der Waals surface area contributed by atoms with E-state index in [1.54, 1.807) is 13.2 Å². The van der Waals surface area contributed by atoms with Gasteiger partial charge in [-0.1, -0.05) is 51.1 Å². The van der Waals surface area contributed by atoms with Crippen LogP contribution in [0.3, 0.4) is 0 Å². The molecule has 1 aromatic carbocycles. The van der Waals surface area contributed by atoms with Gasteiger partial charge in [0.15, 0.2) is 0 Å². The van der Waals surface area contributed by atoms with Crippen molar-refractivity contribution < 1.29 is 41.8 Å². The van der Waals surface area contributed by atoms with E-state index in [1.165, 1.54) is 9.80 Å². The Morgan fingerprint density at radius 2 is 1.82 bits per heavy atom. The Balaban J connectivity index is 1.23. The zero-order valence-corrected chi connectivity index (χ0v) is 33.8. The molecule has 3 aliphatic carbocycles. The van der Waals surface area contributed by atoms with Crippen LogP contribution in [0.4, 0.5) is 4.79 Å². The van der Waals surface area contributed by atoms with Crippen LogP contribution >= 0.6 is 0 Å². The predicted octanol–water partition coefficient (Wildman–Crippen LogP) is 4.86. The zero-order chi connectivity index (χ0) is 40.0. The minimum absolute atomic E-state index is 0.00102. The monoisotopic (exact) mass is 793 g/mol. The molecule has 2 aromatic rings. The highest BCUT2D eigenvalue weighted by Crippen LogP contribution is 2.46. The number of hydrogen-bond donors (Lipinski definition) is 2. The first-order valence-corrected chi connectivity index (χ1v) is 21.7. The predicted molar refractivity (Wildman–Crippen MR) is 208 cm³/mol. The highest BCUT2D eigenvalue weighted by Gasteiger charge is 2.62. The maximum atomic E-state index is 15.0. The summed E-state index contributed by atoms with van der Waals surface area (Å²) in [5.74, 6) is -1.46. The van der Waals surface area contributed by atoms with Gasteiger partial charge in [-0.3, -0.25) is 24.0 Å². The van der Waals surface area contributed by atoms with E-state index in [1.807, 2.05) is 57.2 Å². The Morgan fingerprint density at radius 3 is 2.52 bits per heavy atom. The third kappa shape index (κ3) is 8.33. The van der Waals surface area contributed by atoms with Crippen molar-refractivity contribution in [2.75, 3.05) is 20.2 Å². The smallest absolute Gasteiger partial charge is 0.410 e. The number of sulfonamides is 1. The maximum Gasteiger partial charge on any atom is 0.410 e. The number of nitrogens with zero attached hydrogens (tertiary/aromatic N) is 3. The van der Waals surface area contributed by atoms with Crippen LogP contribution in [0.2, 0.25) is 0 Å². The van der Waals surface area contributed by atoms with Crippen LogP contribution in [0, 0.1) is 17.8 Å². The highest BCUT2D eigenvalue weighted by molar-refractivity contribution is 7.91. The summed E-state index contributed by atoms with van der Waals surface area (Å²) in [6, 6.07) is 5.49. The molecule has 14 nitrogen and oxygen atoms in total. The van der Waals surface area contributed by atoms with Crippen molar-refractivity contribution in [3.63, 3.8) is 0 Å². The molecule has 0 spiro atoms. The van der Waals surface area contributed by atoms with Crippen LogP contribution in [-0.4, -0.2) is 102 Å². The van der Waals surface area contributed by atoms with Gasteiger partial charge in [0.25, 0.3) is 5.91 Å². The Kier molecular flexibility index (Phi) is 11.0. The lowest BCUT2D eigenvalue weighted by molar-refractivity contribution is -0.144. The molecule has 4 amide bonds. The molecule has 1 saturated heterocycles. The summed E-state index contributed by atoms with van der Waals surface area (Å²) in [7, 11) is -2.33. The Labute approximate surface area is 329 Å². The lowest BCUT2D eigenvalue weighted by Gasteiger charge is -2.37. The number of benzene rings is 1. The fourth-order valence-electron chi connectivity index (χ4n) is 8.22. The summed E-state index contributed by atoms with van der Waals surface area (Å²) in [6.45, 7) is 8.46. The van der Waals surface area contributed by atoms with Gasteiger partial charge in [-0.25, -0.2) is 18.2 Å². The van der Waals surface area contributed by atoms with Crippen LogP contribution in [-0.2, 0) is 29.1 Å². The number of ether oxygens (including phenoxy) is 3. The Morgan fingerprint density at radius 1 is 1.09 bits per heavy atom. The number of aromatic nitrogens is 1. The quantitative estimate of drug-likeness (QED) is 0.317. The minimum atomic E-state index is -3.90. The van der Waals surface area contributed by atoms with Gasteiger partial charge in [-0.05, 0) is 82.6 Å². The molecule has 5 aliphatic rings. The van der Waals surface area contributed by atoms with Crippen LogP contribution in [0.1, 0.15) is 91.9 Å². The van der Waals surface area contributed by atoms with Gasteiger partial charge in [0.1, 0.15) is 35.1 Å². The molecule has 0 bridgehead atoms. The number of nitrogens with one attached hydrogen (secondary N) is 2. The van der Waals surface area contributed by atoms with E-state index in [0.29, 0.717) is 49.3 Å². The lowest BCUT2D eigenvalue weighted by Crippen LogP contribution is -2.59. The van der Waals surface area contributed by atoms with Crippen molar-refractivity contribution >= 4 is 44.6 Å². The number of carbonyl (C=O) groups is 4. The number of carbonyl (C=O) groups excluding carboxylic acids is 4. The second-order valence-corrected chi connectivity index (χ2v) is 18.9. The maximum absolute atomic E-state index is 15.0. The minimum Gasteiger partial charge on any atom is -0.491 e. The second kappa shape index (κ2) is 15.5. The van der Waals surface area contributed by atoms with Gasteiger partial charge in [-0.15, -0.1) is 0 Å². The number of hydrogen-bond acceptors (Lipinski definition) is 10. The van der Waals surface area contributed by atoms with Crippen molar-refractivity contribution in [3.8, 4) is 11.6 Å². The molecule has 3 heterocycles. The van der Waals surface area contributed by atoms with E-state index in [-0.39, 0.29) is 31.2 Å². The third-order valence-electron chi connectivity index (χ3n) is 12.0. The Hall–Kier alpha value is -4.40. The molecule has 56 heavy (non-hydrogen) atoms. The number of allylic oxidation sites excluding steroid dienone is 1. The van der Waals surface area contributed by atoms with E-state index in [0.717, 1.165) is 31.1 Å². The number of pyridine rings is 1. The van der Waals surface area contributed by atoms with Gasteiger partial charge in [0, 0.05) is 30.2 Å². The number of rotatable bonds is 10. The molecule has 0 unspecified atom stereocenters. The number of fused-ring (bicyclic) bond motifs is 3.